The largest absolute Gasteiger partial charge is 0.351 e. The van der Waals surface area contributed by atoms with Gasteiger partial charge in [-0.1, -0.05) is 25.8 Å². The van der Waals surface area contributed by atoms with Crippen LogP contribution in [0.5, 0.6) is 0 Å². The summed E-state index contributed by atoms with van der Waals surface area (Å²) in [5.74, 6) is 0.806. The summed E-state index contributed by atoms with van der Waals surface area (Å²) in [5, 5.41) is 6.25. The predicted octanol–water partition coefficient (Wildman–Crippen LogP) is 1.78. The molecule has 20 heavy (non-hydrogen) atoms. The number of nitrogens with one attached hydrogen (secondary N) is 2. The van der Waals surface area contributed by atoms with E-state index < -0.39 is 0 Å². The molecule has 0 aromatic carbocycles. The first-order chi connectivity index (χ1) is 9.41. The van der Waals surface area contributed by atoms with Crippen molar-refractivity contribution in [3.05, 3.63) is 12.7 Å². The molecule has 4 nitrogen and oxygen atoms in total. The van der Waals surface area contributed by atoms with Gasteiger partial charge in [0.1, 0.15) is 0 Å². The zero-order chi connectivity index (χ0) is 15.2. The first-order valence-electron chi connectivity index (χ1n) is 7.70. The smallest absolute Gasteiger partial charge is 0.237 e. The minimum atomic E-state index is -0.163. The Morgan fingerprint density at radius 2 is 2.25 bits per heavy atom. The van der Waals surface area contributed by atoms with Crippen LogP contribution in [-0.4, -0.2) is 49.6 Å². The van der Waals surface area contributed by atoms with Gasteiger partial charge < -0.3 is 15.5 Å². The summed E-state index contributed by atoms with van der Waals surface area (Å²) >= 11 is 0. The molecule has 0 aliphatic heterocycles. The third-order valence-corrected chi connectivity index (χ3v) is 4.57. The lowest BCUT2D eigenvalue weighted by atomic mass is 9.75. The van der Waals surface area contributed by atoms with Crippen LogP contribution in [0.3, 0.4) is 0 Å². The number of carbonyl (C=O) groups excluding carboxylic acids is 1. The first-order valence-corrected chi connectivity index (χ1v) is 7.70. The van der Waals surface area contributed by atoms with Gasteiger partial charge in [-0.2, -0.15) is 0 Å². The summed E-state index contributed by atoms with van der Waals surface area (Å²) in [7, 11) is 4.31. The maximum Gasteiger partial charge on any atom is 0.237 e. The Bertz CT molecular complexity index is 330. The fourth-order valence-electron chi connectivity index (χ4n) is 3.12. The fourth-order valence-corrected chi connectivity index (χ4v) is 3.12. The van der Waals surface area contributed by atoms with Gasteiger partial charge in [0.05, 0.1) is 6.04 Å². The van der Waals surface area contributed by atoms with Crippen molar-refractivity contribution in [1.29, 1.82) is 0 Å². The van der Waals surface area contributed by atoms with Crippen molar-refractivity contribution >= 4 is 5.91 Å². The molecule has 0 saturated heterocycles. The summed E-state index contributed by atoms with van der Waals surface area (Å²) in [4.78, 5) is 14.2. The van der Waals surface area contributed by atoms with E-state index in [9.17, 15) is 4.79 Å². The Kier molecular flexibility index (Phi) is 6.69. The van der Waals surface area contributed by atoms with Crippen LogP contribution in [0.4, 0.5) is 0 Å². The number of rotatable bonds is 7. The summed E-state index contributed by atoms with van der Waals surface area (Å²) in [6.07, 6.45) is 6.71. The number of hydrogen-bond donors (Lipinski definition) is 2. The topological polar surface area (TPSA) is 44.4 Å². The molecule has 0 aromatic rings. The fraction of sp³-hybridized carbons (Fsp3) is 0.812. The van der Waals surface area contributed by atoms with Crippen molar-refractivity contribution < 1.29 is 4.79 Å². The van der Waals surface area contributed by atoms with Crippen molar-refractivity contribution in [3.63, 3.8) is 0 Å². The van der Waals surface area contributed by atoms with Gasteiger partial charge in [0.25, 0.3) is 0 Å². The van der Waals surface area contributed by atoms with E-state index in [1.807, 2.05) is 6.92 Å². The second-order valence-electron chi connectivity index (χ2n) is 6.46. The van der Waals surface area contributed by atoms with Crippen molar-refractivity contribution in [2.24, 2.45) is 5.92 Å². The zero-order valence-corrected chi connectivity index (χ0v) is 13.5. The summed E-state index contributed by atoms with van der Waals surface area (Å²) in [6.45, 7) is 9.26. The van der Waals surface area contributed by atoms with Crippen LogP contribution in [0.15, 0.2) is 12.7 Å². The molecule has 3 atom stereocenters. The molecule has 0 aromatic heterocycles. The van der Waals surface area contributed by atoms with E-state index >= 15 is 0 Å². The van der Waals surface area contributed by atoms with Gasteiger partial charge in [0.2, 0.25) is 5.91 Å². The monoisotopic (exact) mass is 281 g/mol. The Labute approximate surface area is 124 Å². The van der Waals surface area contributed by atoms with E-state index in [1.165, 1.54) is 25.7 Å². The SMILES string of the molecule is C=CCNC(=O)C(C)NCC1(N(C)C)CCCC(C)C1. The second kappa shape index (κ2) is 7.79. The molecule has 4 heteroatoms. The molecule has 1 amide bonds. The highest BCUT2D eigenvalue weighted by atomic mass is 16.2. The van der Waals surface area contributed by atoms with Crippen LogP contribution in [0.2, 0.25) is 0 Å². The molecule has 1 rings (SSSR count). The van der Waals surface area contributed by atoms with Gasteiger partial charge in [0.15, 0.2) is 0 Å². The number of carbonyl (C=O) groups is 1. The van der Waals surface area contributed by atoms with Crippen molar-refractivity contribution in [1.82, 2.24) is 15.5 Å². The van der Waals surface area contributed by atoms with Crippen LogP contribution in [-0.2, 0) is 4.79 Å². The molecule has 3 unspecified atom stereocenters. The third kappa shape index (κ3) is 4.60. The lowest BCUT2D eigenvalue weighted by Gasteiger charge is -2.46. The van der Waals surface area contributed by atoms with Gasteiger partial charge in [-0.25, -0.2) is 0 Å². The molecule has 0 heterocycles. The average Bonchev–Trinajstić information content (AvgIpc) is 2.41. The maximum absolute atomic E-state index is 11.9. The van der Waals surface area contributed by atoms with Crippen molar-refractivity contribution in [2.45, 2.75) is 51.1 Å². The van der Waals surface area contributed by atoms with E-state index in [-0.39, 0.29) is 17.5 Å². The van der Waals surface area contributed by atoms with Crippen LogP contribution in [0, 0.1) is 5.92 Å². The molecule has 116 valence electrons. The van der Waals surface area contributed by atoms with Gasteiger partial charge >= 0.3 is 0 Å². The van der Waals surface area contributed by atoms with Gasteiger partial charge in [-0.15, -0.1) is 6.58 Å². The third-order valence-electron chi connectivity index (χ3n) is 4.57. The van der Waals surface area contributed by atoms with E-state index in [2.05, 4.69) is 43.1 Å². The molecule has 1 aliphatic rings. The highest BCUT2D eigenvalue weighted by molar-refractivity contribution is 5.81. The van der Waals surface area contributed by atoms with Crippen molar-refractivity contribution in [3.8, 4) is 0 Å². The van der Waals surface area contributed by atoms with Gasteiger partial charge in [-0.3, -0.25) is 4.79 Å². The zero-order valence-electron chi connectivity index (χ0n) is 13.5. The Morgan fingerprint density at radius 1 is 1.55 bits per heavy atom. The van der Waals surface area contributed by atoms with Crippen LogP contribution >= 0.6 is 0 Å². The van der Waals surface area contributed by atoms with Gasteiger partial charge in [0, 0.05) is 18.6 Å². The molecule has 0 radical (unpaired) electrons. The highest BCUT2D eigenvalue weighted by Crippen LogP contribution is 2.35. The number of likely N-dealkylation sites (N-methyl/N-ethyl adjacent to an activating group) is 1. The number of nitrogens with zero attached hydrogens (tertiary/aromatic N) is 1. The molecule has 1 saturated carbocycles. The van der Waals surface area contributed by atoms with E-state index in [1.54, 1.807) is 6.08 Å². The molecule has 1 fully saturated rings. The lowest BCUT2D eigenvalue weighted by Crippen LogP contribution is -2.57. The van der Waals surface area contributed by atoms with Crippen LogP contribution in [0.1, 0.15) is 39.5 Å². The van der Waals surface area contributed by atoms with E-state index in [0.29, 0.717) is 6.54 Å². The minimum Gasteiger partial charge on any atom is -0.351 e. The van der Waals surface area contributed by atoms with Crippen LogP contribution in [0.25, 0.3) is 0 Å². The normalized spacial score (nSPS) is 28.1. The molecular weight excluding hydrogens is 250 g/mol. The highest BCUT2D eigenvalue weighted by Gasteiger charge is 2.37. The van der Waals surface area contributed by atoms with Crippen molar-refractivity contribution in [2.75, 3.05) is 27.2 Å². The summed E-state index contributed by atoms with van der Waals surface area (Å²) in [5.41, 5.74) is 0.185. The minimum absolute atomic E-state index is 0.0441. The van der Waals surface area contributed by atoms with E-state index in [4.69, 9.17) is 0 Å². The molecular formula is C16H31N3O. The Morgan fingerprint density at radius 3 is 2.80 bits per heavy atom. The maximum atomic E-state index is 11.9. The predicted molar refractivity (Wildman–Crippen MR) is 84.7 cm³/mol. The molecule has 0 spiro atoms. The number of amides is 1. The Hall–Kier alpha value is -0.870. The quantitative estimate of drug-likeness (QED) is 0.699. The average molecular weight is 281 g/mol. The van der Waals surface area contributed by atoms with Crippen LogP contribution < -0.4 is 10.6 Å². The Balaban J connectivity index is 2.54. The number of hydrogen-bond acceptors (Lipinski definition) is 3. The molecule has 2 N–H and O–H groups in total. The lowest BCUT2D eigenvalue weighted by molar-refractivity contribution is -0.122. The summed E-state index contributed by atoms with van der Waals surface area (Å²) < 4.78 is 0. The second-order valence-corrected chi connectivity index (χ2v) is 6.46. The molecule has 0 bridgehead atoms. The first kappa shape index (κ1) is 17.2. The standard InChI is InChI=1S/C16H31N3O/c1-6-10-17-15(20)14(3)18-12-16(19(4)5)9-7-8-13(2)11-16/h6,13-14,18H,1,7-12H2,2-5H3,(H,17,20). The molecule has 1 aliphatic carbocycles. The van der Waals surface area contributed by atoms with E-state index in [0.717, 1.165) is 12.5 Å². The van der Waals surface area contributed by atoms with Gasteiger partial charge in [-0.05, 0) is 39.8 Å². The summed E-state index contributed by atoms with van der Waals surface area (Å²) in [6, 6.07) is -0.163.